The van der Waals surface area contributed by atoms with E-state index in [0.717, 1.165) is 15.9 Å². The largest absolute Gasteiger partial charge is 0.466 e. The monoisotopic (exact) mass is 512 g/mol. The van der Waals surface area contributed by atoms with Crippen LogP contribution in [0.5, 0.6) is 0 Å². The van der Waals surface area contributed by atoms with Crippen molar-refractivity contribution in [3.8, 4) is 0 Å². The van der Waals surface area contributed by atoms with Crippen LogP contribution in [0.3, 0.4) is 0 Å². The number of rotatable bonds is 11. The van der Waals surface area contributed by atoms with Crippen molar-refractivity contribution in [1.82, 2.24) is 0 Å². The summed E-state index contributed by atoms with van der Waals surface area (Å²) in [5, 5.41) is 2.05. The van der Waals surface area contributed by atoms with Crippen molar-refractivity contribution in [2.75, 3.05) is 7.11 Å². The Morgan fingerprint density at radius 2 is 1.32 bits per heavy atom. The van der Waals surface area contributed by atoms with E-state index in [1.165, 1.54) is 13.2 Å². The third-order valence-electron chi connectivity index (χ3n) is 6.33. The van der Waals surface area contributed by atoms with Crippen LogP contribution in [0.2, 0.25) is 5.04 Å². The van der Waals surface area contributed by atoms with Crippen molar-refractivity contribution >= 4 is 36.5 Å². The molecule has 0 aliphatic rings. The molecule has 0 aliphatic heterocycles. The van der Waals surface area contributed by atoms with Crippen LogP contribution in [-0.4, -0.2) is 33.3 Å². The molecule has 0 amide bonds. The van der Waals surface area contributed by atoms with Gasteiger partial charge in [-0.05, 0) is 39.5 Å². The maximum atomic E-state index is 12.8. The highest BCUT2D eigenvalue weighted by atomic mass is 28.4. The minimum Gasteiger partial charge on any atom is -0.466 e. The summed E-state index contributed by atoms with van der Waals surface area (Å²) in [6, 6.07) is 30.4. The number of benzene rings is 3. The van der Waals surface area contributed by atoms with Gasteiger partial charge >= 0.3 is 5.97 Å². The Morgan fingerprint density at radius 3 is 1.81 bits per heavy atom. The normalized spacial score (nSPS) is 13.1. The molecule has 0 spiro atoms. The average Bonchev–Trinajstić information content (AvgIpc) is 2.92. The first kappa shape index (κ1) is 28.0. The molecule has 0 saturated carbocycles. The molecule has 0 bridgehead atoms. The number of carbonyl (C=O) groups is 2. The van der Waals surface area contributed by atoms with Gasteiger partial charge < -0.3 is 9.16 Å². The van der Waals surface area contributed by atoms with Crippen molar-refractivity contribution in [2.45, 2.75) is 44.8 Å². The van der Waals surface area contributed by atoms with E-state index in [1.54, 1.807) is 12.2 Å². The Labute approximate surface area is 221 Å². The number of methoxy groups -OCH3 is 1. The summed E-state index contributed by atoms with van der Waals surface area (Å²) in [6.07, 6.45) is 6.84. The number of hydrogen-bond donors (Lipinski definition) is 0. The second kappa shape index (κ2) is 13.1. The molecule has 0 aromatic heterocycles. The third kappa shape index (κ3) is 7.48. The van der Waals surface area contributed by atoms with Gasteiger partial charge in [0.15, 0.2) is 5.78 Å². The van der Waals surface area contributed by atoms with Crippen molar-refractivity contribution < 1.29 is 18.8 Å². The Hall–Kier alpha value is -3.54. The van der Waals surface area contributed by atoms with Crippen LogP contribution in [0.15, 0.2) is 109 Å². The number of ketones is 1. The minimum atomic E-state index is -2.87. The fourth-order valence-corrected chi connectivity index (χ4v) is 9.15. The molecule has 5 heteroatoms. The predicted molar refractivity (Wildman–Crippen MR) is 153 cm³/mol. The highest BCUT2D eigenvalue weighted by Gasteiger charge is 2.51. The number of ether oxygens (including phenoxy) is 1. The zero-order chi connectivity index (χ0) is 26.7. The summed E-state index contributed by atoms with van der Waals surface area (Å²) in [7, 11) is -1.52. The molecule has 1 atom stereocenters. The second-order valence-corrected chi connectivity index (χ2v) is 14.2. The fourth-order valence-electron chi connectivity index (χ4n) is 4.49. The predicted octanol–water partition coefficient (Wildman–Crippen LogP) is 5.72. The molecule has 3 aromatic carbocycles. The van der Waals surface area contributed by atoms with Gasteiger partial charge in [-0.15, -0.1) is 0 Å². The maximum absolute atomic E-state index is 12.8. The number of carbonyl (C=O) groups excluding carboxylic acids is 2. The lowest BCUT2D eigenvalue weighted by Gasteiger charge is -2.44. The van der Waals surface area contributed by atoms with Crippen LogP contribution >= 0.6 is 0 Å². The molecule has 4 nitrogen and oxygen atoms in total. The van der Waals surface area contributed by atoms with Gasteiger partial charge in [-0.2, -0.15) is 0 Å². The smallest absolute Gasteiger partial charge is 0.330 e. The van der Waals surface area contributed by atoms with E-state index in [9.17, 15) is 9.59 Å². The van der Waals surface area contributed by atoms with E-state index in [0.29, 0.717) is 6.42 Å². The average molecular weight is 513 g/mol. The van der Waals surface area contributed by atoms with Crippen LogP contribution < -0.4 is 10.4 Å². The molecule has 0 radical (unpaired) electrons. The number of hydrogen-bond acceptors (Lipinski definition) is 4. The Morgan fingerprint density at radius 1 is 0.811 bits per heavy atom. The SMILES string of the molecule is COC(=O)/C=C/[C@H](CCC(=O)/C=C/c1ccccc1)O[Si](c1ccccc1)(c1ccccc1)C(C)(C)C. The third-order valence-corrected chi connectivity index (χ3v) is 11.4. The standard InChI is InChI=1S/C32H36O4Si/c1-32(2,3)37(29-16-10-6-11-17-29,30-18-12-7-13-19-30)36-28(24-25-31(34)35-4)23-22-27(33)21-20-26-14-8-5-9-15-26/h5-21,24-25,28H,22-23H2,1-4H3/b21-20+,25-24+/t28-/m0/s1. The number of esters is 1. The fraction of sp³-hybridized carbons (Fsp3) is 0.250. The summed E-state index contributed by atoms with van der Waals surface area (Å²) in [4.78, 5) is 24.8. The lowest BCUT2D eigenvalue weighted by molar-refractivity contribution is -0.134. The first-order valence-electron chi connectivity index (χ1n) is 12.6. The zero-order valence-electron chi connectivity index (χ0n) is 22.1. The molecule has 37 heavy (non-hydrogen) atoms. The summed E-state index contributed by atoms with van der Waals surface area (Å²) in [5.41, 5.74) is 0.974. The van der Waals surface area contributed by atoms with Gasteiger partial charge in [0, 0.05) is 12.5 Å². The van der Waals surface area contributed by atoms with Crippen LogP contribution in [-0.2, 0) is 18.8 Å². The van der Waals surface area contributed by atoms with Gasteiger partial charge in [0.2, 0.25) is 0 Å². The molecular weight excluding hydrogens is 476 g/mol. The van der Waals surface area contributed by atoms with Gasteiger partial charge in [-0.1, -0.05) is 118 Å². The van der Waals surface area contributed by atoms with Crippen LogP contribution in [0.1, 0.15) is 39.2 Å². The molecule has 0 aliphatic carbocycles. The van der Waals surface area contributed by atoms with Crippen molar-refractivity contribution in [3.05, 3.63) is 115 Å². The van der Waals surface area contributed by atoms with Crippen LogP contribution in [0.25, 0.3) is 6.08 Å². The molecule has 3 aromatic rings. The minimum absolute atomic E-state index is 0.00590. The second-order valence-electron chi connectivity index (χ2n) is 9.95. The van der Waals surface area contributed by atoms with E-state index < -0.39 is 20.4 Å². The van der Waals surface area contributed by atoms with Gasteiger partial charge in [0.05, 0.1) is 13.2 Å². The Bertz CT molecular complexity index is 1160. The molecule has 0 saturated heterocycles. The first-order valence-corrected chi connectivity index (χ1v) is 14.5. The van der Waals surface area contributed by atoms with Gasteiger partial charge in [-0.25, -0.2) is 4.79 Å². The van der Waals surface area contributed by atoms with Gasteiger partial charge in [-0.3, -0.25) is 4.79 Å². The molecule has 0 fully saturated rings. The van der Waals surface area contributed by atoms with Crippen LogP contribution in [0.4, 0.5) is 0 Å². The van der Waals surface area contributed by atoms with Crippen molar-refractivity contribution in [1.29, 1.82) is 0 Å². The molecule has 0 unspecified atom stereocenters. The lowest BCUT2D eigenvalue weighted by Crippen LogP contribution is -2.67. The van der Waals surface area contributed by atoms with Gasteiger partial charge in [0.1, 0.15) is 0 Å². The maximum Gasteiger partial charge on any atom is 0.330 e. The molecule has 3 rings (SSSR count). The summed E-state index contributed by atoms with van der Waals surface area (Å²) in [6.45, 7) is 6.61. The van der Waals surface area contributed by atoms with E-state index >= 15 is 0 Å². The van der Waals surface area contributed by atoms with Crippen LogP contribution in [0, 0.1) is 0 Å². The Kier molecular flexibility index (Phi) is 9.95. The molecule has 0 heterocycles. The Balaban J connectivity index is 1.96. The number of allylic oxidation sites excluding steroid dienone is 1. The van der Waals surface area contributed by atoms with E-state index in [-0.39, 0.29) is 17.2 Å². The molecular formula is C32H36O4Si. The zero-order valence-corrected chi connectivity index (χ0v) is 23.1. The highest BCUT2D eigenvalue weighted by molar-refractivity contribution is 6.99. The van der Waals surface area contributed by atoms with E-state index in [4.69, 9.17) is 9.16 Å². The first-order chi connectivity index (χ1) is 17.8. The van der Waals surface area contributed by atoms with E-state index in [1.807, 2.05) is 72.8 Å². The molecule has 0 N–H and O–H groups in total. The van der Waals surface area contributed by atoms with Crippen molar-refractivity contribution in [3.63, 3.8) is 0 Å². The van der Waals surface area contributed by atoms with Gasteiger partial charge in [0.25, 0.3) is 8.32 Å². The van der Waals surface area contributed by atoms with Crippen molar-refractivity contribution in [2.24, 2.45) is 0 Å². The topological polar surface area (TPSA) is 52.6 Å². The summed E-state index contributed by atoms with van der Waals surface area (Å²) >= 11 is 0. The quantitative estimate of drug-likeness (QED) is 0.187. The summed E-state index contributed by atoms with van der Waals surface area (Å²) in [5.74, 6) is -0.447. The summed E-state index contributed by atoms with van der Waals surface area (Å²) < 4.78 is 12.0. The molecule has 192 valence electrons. The highest BCUT2D eigenvalue weighted by Crippen LogP contribution is 2.38. The lowest BCUT2D eigenvalue weighted by atomic mass is 10.1. The van der Waals surface area contributed by atoms with E-state index in [2.05, 4.69) is 45.0 Å².